The van der Waals surface area contributed by atoms with E-state index in [9.17, 15) is 14.9 Å². The number of halogens is 1. The van der Waals surface area contributed by atoms with Crippen LogP contribution >= 0.6 is 11.6 Å². The molecule has 1 aromatic carbocycles. The van der Waals surface area contributed by atoms with E-state index >= 15 is 0 Å². The Balaban J connectivity index is 3.25. The van der Waals surface area contributed by atoms with Crippen molar-refractivity contribution in [3.05, 3.63) is 39.4 Å². The Morgan fingerprint density at radius 2 is 2.23 bits per heavy atom. The van der Waals surface area contributed by atoms with Gasteiger partial charge >= 0.3 is 0 Å². The van der Waals surface area contributed by atoms with Crippen molar-refractivity contribution in [2.45, 2.75) is 5.88 Å². The summed E-state index contributed by atoms with van der Waals surface area (Å²) in [7, 11) is 0. The monoisotopic (exact) mass is 199 g/mol. The summed E-state index contributed by atoms with van der Waals surface area (Å²) in [5.74, 6) is 0.194. The molecule has 0 saturated heterocycles. The van der Waals surface area contributed by atoms with E-state index in [4.69, 9.17) is 11.6 Å². The highest BCUT2D eigenvalue weighted by Crippen LogP contribution is 2.19. The smallest absolute Gasteiger partial charge is 0.280 e. The summed E-state index contributed by atoms with van der Waals surface area (Å²) < 4.78 is 0. The Bertz CT molecular complexity index is 351. The summed E-state index contributed by atoms with van der Waals surface area (Å²) in [6.07, 6.45) is 0.455. The van der Waals surface area contributed by atoms with Gasteiger partial charge in [0.1, 0.15) is 0 Å². The zero-order valence-corrected chi connectivity index (χ0v) is 7.32. The van der Waals surface area contributed by atoms with Gasteiger partial charge in [0.15, 0.2) is 6.29 Å². The Kier molecular flexibility index (Phi) is 2.97. The van der Waals surface area contributed by atoms with Gasteiger partial charge in [0.05, 0.1) is 10.5 Å². The number of nitrogens with zero attached hydrogens (tertiary/aromatic N) is 1. The highest BCUT2D eigenvalue weighted by molar-refractivity contribution is 6.17. The summed E-state index contributed by atoms with van der Waals surface area (Å²) in [5, 5.41) is 10.5. The first-order valence-electron chi connectivity index (χ1n) is 3.47. The molecule has 1 aromatic rings. The highest BCUT2D eigenvalue weighted by Gasteiger charge is 2.12. The fourth-order valence-corrected chi connectivity index (χ4v) is 1.10. The summed E-state index contributed by atoms with van der Waals surface area (Å²) in [5.41, 5.74) is 0.492. The van der Waals surface area contributed by atoms with E-state index in [0.717, 1.165) is 0 Å². The first kappa shape index (κ1) is 9.67. The predicted octanol–water partition coefficient (Wildman–Crippen LogP) is 2.15. The lowest BCUT2D eigenvalue weighted by atomic mass is 10.1. The fraction of sp³-hybridized carbons (Fsp3) is 0.125. The molecule has 0 N–H and O–H groups in total. The largest absolute Gasteiger partial charge is 0.298 e. The van der Waals surface area contributed by atoms with Crippen molar-refractivity contribution in [2.75, 3.05) is 0 Å². The molecule has 0 atom stereocenters. The van der Waals surface area contributed by atoms with Gasteiger partial charge in [-0.05, 0) is 11.6 Å². The van der Waals surface area contributed by atoms with Gasteiger partial charge in [-0.3, -0.25) is 14.9 Å². The molecule has 1 rings (SSSR count). The number of benzene rings is 1. The van der Waals surface area contributed by atoms with Crippen molar-refractivity contribution in [2.24, 2.45) is 0 Å². The van der Waals surface area contributed by atoms with Crippen molar-refractivity contribution >= 4 is 23.6 Å². The molecule has 13 heavy (non-hydrogen) atoms. The molecule has 4 nitrogen and oxygen atoms in total. The lowest BCUT2D eigenvalue weighted by Gasteiger charge is -1.97. The highest BCUT2D eigenvalue weighted by atomic mass is 35.5. The van der Waals surface area contributed by atoms with E-state index in [1.54, 1.807) is 6.07 Å². The summed E-state index contributed by atoms with van der Waals surface area (Å²) in [4.78, 5) is 20.2. The number of hydrogen-bond donors (Lipinski definition) is 0. The fourth-order valence-electron chi connectivity index (χ4n) is 0.930. The van der Waals surface area contributed by atoms with Crippen molar-refractivity contribution in [3.63, 3.8) is 0 Å². The van der Waals surface area contributed by atoms with Gasteiger partial charge in [-0.2, -0.15) is 0 Å². The van der Waals surface area contributed by atoms with Crippen molar-refractivity contribution in [1.82, 2.24) is 0 Å². The summed E-state index contributed by atoms with van der Waals surface area (Å²) in [6.45, 7) is 0. The second-order valence-electron chi connectivity index (χ2n) is 2.40. The van der Waals surface area contributed by atoms with E-state index in [1.165, 1.54) is 12.1 Å². The number of alkyl halides is 1. The standard InChI is InChI=1S/C8H6ClNO3/c9-4-6-1-2-7(5-11)8(3-6)10(12)13/h1-3,5H,4H2. The van der Waals surface area contributed by atoms with Crippen molar-refractivity contribution < 1.29 is 9.72 Å². The van der Waals surface area contributed by atoms with Gasteiger partial charge in [0, 0.05) is 11.9 Å². The summed E-state index contributed by atoms with van der Waals surface area (Å²) >= 11 is 5.49. The lowest BCUT2D eigenvalue weighted by molar-refractivity contribution is -0.385. The SMILES string of the molecule is O=Cc1ccc(CCl)cc1[N+](=O)[O-]. The van der Waals surface area contributed by atoms with E-state index in [1.807, 2.05) is 0 Å². The van der Waals surface area contributed by atoms with Crippen LogP contribution in [0.25, 0.3) is 0 Å². The van der Waals surface area contributed by atoms with Crippen LogP contribution in [-0.2, 0) is 5.88 Å². The third-order valence-electron chi connectivity index (χ3n) is 1.57. The van der Waals surface area contributed by atoms with Crippen LogP contribution in [0.3, 0.4) is 0 Å². The number of rotatable bonds is 3. The molecule has 0 saturated carbocycles. The van der Waals surface area contributed by atoms with Gasteiger partial charge in [-0.25, -0.2) is 0 Å². The molecule has 0 fully saturated rings. The minimum Gasteiger partial charge on any atom is -0.298 e. The first-order valence-corrected chi connectivity index (χ1v) is 4.01. The number of carbonyl (C=O) groups excluding carboxylic acids is 1. The Morgan fingerprint density at radius 3 is 2.69 bits per heavy atom. The minimum absolute atomic E-state index is 0.0684. The molecule has 5 heteroatoms. The molecule has 68 valence electrons. The van der Waals surface area contributed by atoms with Gasteiger partial charge in [-0.15, -0.1) is 11.6 Å². The lowest BCUT2D eigenvalue weighted by Crippen LogP contribution is -1.95. The molecule has 0 aliphatic rings. The van der Waals surface area contributed by atoms with Crippen LogP contribution in [0.1, 0.15) is 15.9 Å². The average molecular weight is 200 g/mol. The van der Waals surface area contributed by atoms with Crippen molar-refractivity contribution in [3.8, 4) is 0 Å². The number of hydrogen-bond acceptors (Lipinski definition) is 3. The molecule has 0 heterocycles. The Labute approximate surface area is 79.3 Å². The predicted molar refractivity (Wildman–Crippen MR) is 48.0 cm³/mol. The zero-order valence-electron chi connectivity index (χ0n) is 6.57. The van der Waals surface area contributed by atoms with Gasteiger partial charge < -0.3 is 0 Å². The van der Waals surface area contributed by atoms with E-state index < -0.39 is 4.92 Å². The second kappa shape index (κ2) is 4.00. The topological polar surface area (TPSA) is 60.2 Å². The Hall–Kier alpha value is -1.42. The normalized spacial score (nSPS) is 9.62. The van der Waals surface area contributed by atoms with Crippen LogP contribution in [-0.4, -0.2) is 11.2 Å². The first-order chi connectivity index (χ1) is 6.19. The van der Waals surface area contributed by atoms with Crippen LogP contribution in [0.15, 0.2) is 18.2 Å². The summed E-state index contributed by atoms with van der Waals surface area (Å²) in [6, 6.07) is 4.28. The third-order valence-corrected chi connectivity index (χ3v) is 1.88. The molecular formula is C8H6ClNO3. The van der Waals surface area contributed by atoms with E-state index in [2.05, 4.69) is 0 Å². The van der Waals surface area contributed by atoms with Gasteiger partial charge in [0.25, 0.3) is 5.69 Å². The molecular weight excluding hydrogens is 194 g/mol. The van der Waals surface area contributed by atoms with Gasteiger partial charge in [0.2, 0.25) is 0 Å². The zero-order chi connectivity index (χ0) is 9.84. The van der Waals surface area contributed by atoms with Crippen molar-refractivity contribution in [1.29, 1.82) is 0 Å². The molecule has 0 spiro atoms. The average Bonchev–Trinajstić information content (AvgIpc) is 2.16. The minimum atomic E-state index is -0.597. The number of aldehydes is 1. The molecule has 0 amide bonds. The molecule has 0 aliphatic heterocycles. The number of nitro groups is 1. The Morgan fingerprint density at radius 1 is 1.54 bits per heavy atom. The van der Waals surface area contributed by atoms with E-state index in [-0.39, 0.29) is 17.1 Å². The van der Waals surface area contributed by atoms with Crippen LogP contribution in [0.4, 0.5) is 5.69 Å². The maximum atomic E-state index is 10.5. The molecule has 0 aliphatic carbocycles. The third kappa shape index (κ3) is 2.03. The van der Waals surface area contributed by atoms with Crippen LogP contribution in [0, 0.1) is 10.1 Å². The van der Waals surface area contributed by atoms with E-state index in [0.29, 0.717) is 11.8 Å². The number of nitro benzene ring substituents is 1. The molecule has 0 unspecified atom stereocenters. The van der Waals surface area contributed by atoms with Crippen LogP contribution < -0.4 is 0 Å². The maximum Gasteiger partial charge on any atom is 0.280 e. The number of carbonyl (C=O) groups is 1. The second-order valence-corrected chi connectivity index (χ2v) is 2.67. The molecule has 0 aromatic heterocycles. The maximum absolute atomic E-state index is 10.5. The molecule has 0 bridgehead atoms. The molecule has 0 radical (unpaired) electrons. The van der Waals surface area contributed by atoms with Crippen LogP contribution in [0.5, 0.6) is 0 Å². The quantitative estimate of drug-likeness (QED) is 0.324. The van der Waals surface area contributed by atoms with Gasteiger partial charge in [-0.1, -0.05) is 6.07 Å². The van der Waals surface area contributed by atoms with Crippen LogP contribution in [0.2, 0.25) is 0 Å².